The number of para-hydroxylation sites is 1. The maximum Gasteiger partial charge on any atom is 0.345 e. The largest absolute Gasteiger partial charge is 0.422 e. The molecular formula is C23H16Cl2N2O4. The van der Waals surface area contributed by atoms with Gasteiger partial charge in [0.05, 0.1) is 28.6 Å². The van der Waals surface area contributed by atoms with Crippen molar-refractivity contribution in [3.63, 3.8) is 0 Å². The van der Waals surface area contributed by atoms with E-state index in [-0.39, 0.29) is 51.8 Å². The van der Waals surface area contributed by atoms with Crippen LogP contribution in [0.2, 0.25) is 10.0 Å². The minimum absolute atomic E-state index is 0.115. The third kappa shape index (κ3) is 3.36. The van der Waals surface area contributed by atoms with Gasteiger partial charge in [-0.05, 0) is 48.6 Å². The Morgan fingerprint density at radius 2 is 1.71 bits per heavy atom. The van der Waals surface area contributed by atoms with E-state index in [0.717, 1.165) is 11.4 Å². The molecule has 156 valence electrons. The number of halogens is 2. The molecule has 2 aromatic carbocycles. The van der Waals surface area contributed by atoms with E-state index in [2.05, 4.69) is 5.10 Å². The Kier molecular flexibility index (Phi) is 4.91. The monoisotopic (exact) mass is 454 g/mol. The van der Waals surface area contributed by atoms with Gasteiger partial charge in [-0.1, -0.05) is 47.5 Å². The number of benzene rings is 2. The molecule has 31 heavy (non-hydrogen) atoms. The van der Waals surface area contributed by atoms with Crippen LogP contribution in [0, 0.1) is 23.7 Å². The molecule has 6 nitrogen and oxygen atoms in total. The number of hydrogen-bond donors (Lipinski definition) is 0. The Hall–Kier alpha value is -2.96. The fourth-order valence-corrected chi connectivity index (χ4v) is 5.10. The number of ether oxygens (including phenoxy) is 1. The number of nitrogens with zero attached hydrogens (tertiary/aromatic N) is 2. The summed E-state index contributed by atoms with van der Waals surface area (Å²) in [5, 5.41) is 5.68. The minimum Gasteiger partial charge on any atom is -0.422 e. The van der Waals surface area contributed by atoms with Crippen molar-refractivity contribution in [2.75, 3.05) is 0 Å². The van der Waals surface area contributed by atoms with Crippen LogP contribution < -0.4 is 4.74 Å². The fourth-order valence-electron chi connectivity index (χ4n) is 4.61. The van der Waals surface area contributed by atoms with Gasteiger partial charge in [-0.3, -0.25) is 9.59 Å². The van der Waals surface area contributed by atoms with Crippen molar-refractivity contribution < 1.29 is 19.1 Å². The second-order valence-corrected chi connectivity index (χ2v) is 8.63. The molecule has 0 spiro atoms. The Balaban J connectivity index is 1.36. The molecule has 0 N–H and O–H groups in total. The molecule has 1 heterocycles. The average molecular weight is 455 g/mol. The second kappa shape index (κ2) is 7.62. The molecule has 0 aromatic heterocycles. The SMILES string of the molecule is O=C(Oc1ccccc1C=NN1C(=O)[C@@H]2[C@H](C1=O)[C@H]1C=C[C@H]2C1)c1ccc(Cl)cc1Cl. The molecule has 4 atom stereocenters. The van der Waals surface area contributed by atoms with Gasteiger partial charge in [0.25, 0.3) is 11.8 Å². The molecule has 2 fully saturated rings. The summed E-state index contributed by atoms with van der Waals surface area (Å²) in [7, 11) is 0. The van der Waals surface area contributed by atoms with E-state index in [4.69, 9.17) is 27.9 Å². The summed E-state index contributed by atoms with van der Waals surface area (Å²) in [5.41, 5.74) is 0.609. The van der Waals surface area contributed by atoms with Crippen LogP contribution in [0.1, 0.15) is 22.3 Å². The van der Waals surface area contributed by atoms with Crippen LogP contribution in [-0.2, 0) is 9.59 Å². The van der Waals surface area contributed by atoms with Gasteiger partial charge in [-0.25, -0.2) is 4.79 Å². The first-order chi connectivity index (χ1) is 14.9. The van der Waals surface area contributed by atoms with E-state index in [1.807, 2.05) is 12.2 Å². The number of fused-ring (bicyclic) bond motifs is 5. The number of hydrazone groups is 1. The van der Waals surface area contributed by atoms with Gasteiger partial charge in [-0.15, -0.1) is 0 Å². The van der Waals surface area contributed by atoms with Gasteiger partial charge in [-0.2, -0.15) is 10.1 Å². The first kappa shape index (κ1) is 20.0. The summed E-state index contributed by atoms with van der Waals surface area (Å²) in [6, 6.07) is 11.2. The van der Waals surface area contributed by atoms with E-state index in [1.54, 1.807) is 30.3 Å². The highest BCUT2D eigenvalue weighted by Gasteiger charge is 2.59. The van der Waals surface area contributed by atoms with Crippen molar-refractivity contribution in [2.45, 2.75) is 6.42 Å². The van der Waals surface area contributed by atoms with Gasteiger partial charge in [0, 0.05) is 10.6 Å². The van der Waals surface area contributed by atoms with Crippen LogP contribution in [-0.4, -0.2) is 29.0 Å². The lowest BCUT2D eigenvalue weighted by Crippen LogP contribution is -2.28. The summed E-state index contributed by atoms with van der Waals surface area (Å²) in [4.78, 5) is 38.1. The van der Waals surface area contributed by atoms with Crippen molar-refractivity contribution in [1.29, 1.82) is 0 Å². The van der Waals surface area contributed by atoms with Crippen molar-refractivity contribution in [1.82, 2.24) is 5.01 Å². The highest BCUT2D eigenvalue weighted by molar-refractivity contribution is 6.36. The maximum atomic E-state index is 12.8. The number of imide groups is 1. The topological polar surface area (TPSA) is 76.0 Å². The molecular weight excluding hydrogens is 439 g/mol. The molecule has 2 amide bonds. The number of hydrogen-bond acceptors (Lipinski definition) is 5. The molecule has 1 aliphatic heterocycles. The molecule has 3 aliphatic rings. The normalized spacial score (nSPS) is 26.2. The second-order valence-electron chi connectivity index (χ2n) is 7.78. The van der Waals surface area contributed by atoms with E-state index < -0.39 is 5.97 Å². The minimum atomic E-state index is -0.659. The molecule has 2 aromatic rings. The Labute approximate surface area is 188 Å². The summed E-state index contributed by atoms with van der Waals surface area (Å²) >= 11 is 12.0. The Morgan fingerprint density at radius 1 is 1.03 bits per heavy atom. The van der Waals surface area contributed by atoms with Crippen LogP contribution in [0.15, 0.2) is 59.7 Å². The van der Waals surface area contributed by atoms with Crippen molar-refractivity contribution >= 4 is 47.2 Å². The zero-order valence-corrected chi connectivity index (χ0v) is 17.6. The fraction of sp³-hybridized carbons (Fsp3) is 0.217. The maximum absolute atomic E-state index is 12.8. The first-order valence-electron chi connectivity index (χ1n) is 9.80. The summed E-state index contributed by atoms with van der Waals surface area (Å²) < 4.78 is 5.48. The molecule has 0 unspecified atom stereocenters. The summed E-state index contributed by atoms with van der Waals surface area (Å²) in [5.74, 6) is -1.39. The lowest BCUT2D eigenvalue weighted by atomic mass is 9.85. The van der Waals surface area contributed by atoms with E-state index >= 15 is 0 Å². The molecule has 8 heteroatoms. The molecule has 2 aliphatic carbocycles. The van der Waals surface area contributed by atoms with Gasteiger partial charge < -0.3 is 4.74 Å². The zero-order valence-electron chi connectivity index (χ0n) is 16.1. The predicted octanol–water partition coefficient (Wildman–Crippen LogP) is 4.35. The third-order valence-corrected chi connectivity index (χ3v) is 6.58. The molecule has 1 saturated heterocycles. The summed E-state index contributed by atoms with van der Waals surface area (Å²) in [6.45, 7) is 0. The molecule has 0 radical (unpaired) electrons. The van der Waals surface area contributed by atoms with Crippen LogP contribution in [0.4, 0.5) is 0 Å². The zero-order chi connectivity index (χ0) is 21.7. The lowest BCUT2D eigenvalue weighted by molar-refractivity contribution is -0.140. The van der Waals surface area contributed by atoms with Crippen LogP contribution in [0.3, 0.4) is 0 Å². The van der Waals surface area contributed by atoms with E-state index in [9.17, 15) is 14.4 Å². The van der Waals surface area contributed by atoms with Crippen molar-refractivity contribution in [3.05, 3.63) is 75.8 Å². The highest BCUT2D eigenvalue weighted by Crippen LogP contribution is 2.52. The smallest absolute Gasteiger partial charge is 0.345 e. The van der Waals surface area contributed by atoms with Crippen LogP contribution in [0.25, 0.3) is 0 Å². The van der Waals surface area contributed by atoms with Gasteiger partial charge >= 0.3 is 5.97 Å². The van der Waals surface area contributed by atoms with E-state index in [1.165, 1.54) is 18.3 Å². The number of carbonyl (C=O) groups excluding carboxylic acids is 3. The number of esters is 1. The quantitative estimate of drug-likeness (QED) is 0.226. The Bertz CT molecular complexity index is 1150. The third-order valence-electron chi connectivity index (χ3n) is 6.03. The van der Waals surface area contributed by atoms with Crippen molar-refractivity contribution in [3.8, 4) is 5.75 Å². The Morgan fingerprint density at radius 3 is 2.39 bits per heavy atom. The first-order valence-corrected chi connectivity index (χ1v) is 10.6. The standard InChI is InChI=1S/C23H16Cl2N2O4/c24-15-7-8-16(17(25)10-15)23(30)31-18-4-2-1-3-14(18)11-26-27-21(28)19-12-5-6-13(9-12)20(19)22(27)29/h1-8,10-13,19-20H,9H2/t12-,13-,19-,20+/m0/s1. The lowest BCUT2D eigenvalue weighted by Gasteiger charge is -2.13. The average Bonchev–Trinajstić information content (AvgIpc) is 3.42. The van der Waals surface area contributed by atoms with Gasteiger partial charge in [0.1, 0.15) is 5.75 Å². The molecule has 2 bridgehead atoms. The van der Waals surface area contributed by atoms with Crippen LogP contribution in [0.5, 0.6) is 5.75 Å². The molecule has 5 rings (SSSR count). The van der Waals surface area contributed by atoms with Crippen molar-refractivity contribution in [2.24, 2.45) is 28.8 Å². The number of allylic oxidation sites excluding steroid dienone is 2. The number of amides is 2. The number of carbonyl (C=O) groups is 3. The number of rotatable bonds is 4. The van der Waals surface area contributed by atoms with Crippen LogP contribution >= 0.6 is 23.2 Å². The highest BCUT2D eigenvalue weighted by atomic mass is 35.5. The van der Waals surface area contributed by atoms with E-state index in [0.29, 0.717) is 10.6 Å². The predicted molar refractivity (Wildman–Crippen MR) is 115 cm³/mol. The van der Waals surface area contributed by atoms with Gasteiger partial charge in [0.15, 0.2) is 0 Å². The van der Waals surface area contributed by atoms with Gasteiger partial charge in [0.2, 0.25) is 0 Å². The molecule has 1 saturated carbocycles. The summed E-state index contributed by atoms with van der Waals surface area (Å²) in [6.07, 6.45) is 6.27.